The number of halogens is 1. The molecule has 0 unspecified atom stereocenters. The topological polar surface area (TPSA) is 38.9 Å². The third kappa shape index (κ3) is 3.20. The fourth-order valence-corrected chi connectivity index (χ4v) is 2.35. The van der Waals surface area contributed by atoms with Gasteiger partial charge in [0.05, 0.1) is 5.88 Å². The van der Waals surface area contributed by atoms with Crippen LogP contribution in [0.3, 0.4) is 0 Å². The molecule has 0 N–H and O–H groups in total. The summed E-state index contributed by atoms with van der Waals surface area (Å²) in [6.45, 7) is 0. The molecule has 1 aliphatic rings. The largest absolute Gasteiger partial charge is 0.339 e. The molecule has 0 aliphatic heterocycles. The number of aromatic nitrogens is 2. The van der Waals surface area contributed by atoms with E-state index in [1.807, 2.05) is 0 Å². The fraction of sp³-hybridized carbons (Fsp3) is 0.818. The highest BCUT2D eigenvalue weighted by molar-refractivity contribution is 6.16. The van der Waals surface area contributed by atoms with Crippen LogP contribution in [-0.2, 0) is 12.3 Å². The predicted octanol–water partition coefficient (Wildman–Crippen LogP) is 3.32. The molecule has 1 aliphatic carbocycles. The molecule has 0 amide bonds. The van der Waals surface area contributed by atoms with E-state index in [1.54, 1.807) is 0 Å². The van der Waals surface area contributed by atoms with Crippen LogP contribution in [0.25, 0.3) is 0 Å². The summed E-state index contributed by atoms with van der Waals surface area (Å²) in [6, 6.07) is 0. The molecule has 1 aromatic rings. The molecule has 4 heteroatoms. The highest BCUT2D eigenvalue weighted by atomic mass is 35.5. The van der Waals surface area contributed by atoms with E-state index in [4.69, 9.17) is 16.1 Å². The SMILES string of the molecule is ClCc1noc(CC2CCCCCC2)n1. The number of hydrogen-bond acceptors (Lipinski definition) is 3. The summed E-state index contributed by atoms with van der Waals surface area (Å²) in [7, 11) is 0. The van der Waals surface area contributed by atoms with Crippen LogP contribution in [0.5, 0.6) is 0 Å². The number of nitrogens with zero attached hydrogens (tertiary/aromatic N) is 2. The summed E-state index contributed by atoms with van der Waals surface area (Å²) in [6.07, 6.45) is 9.00. The van der Waals surface area contributed by atoms with Crippen LogP contribution in [0, 0.1) is 5.92 Å². The highest BCUT2D eigenvalue weighted by Gasteiger charge is 2.16. The molecule has 0 bridgehead atoms. The van der Waals surface area contributed by atoms with Crippen LogP contribution in [0.15, 0.2) is 4.52 Å². The van der Waals surface area contributed by atoms with Gasteiger partial charge in [0.25, 0.3) is 0 Å². The van der Waals surface area contributed by atoms with Gasteiger partial charge in [-0.05, 0) is 18.8 Å². The summed E-state index contributed by atoms with van der Waals surface area (Å²) in [5.41, 5.74) is 0. The zero-order valence-corrected chi connectivity index (χ0v) is 9.67. The second-order valence-corrected chi connectivity index (χ2v) is 4.57. The lowest BCUT2D eigenvalue weighted by Gasteiger charge is -2.09. The molecule has 1 fully saturated rings. The van der Waals surface area contributed by atoms with Crippen LogP contribution in [-0.4, -0.2) is 10.1 Å². The first-order valence-corrected chi connectivity index (χ1v) is 6.29. The quantitative estimate of drug-likeness (QED) is 0.589. The third-order valence-electron chi connectivity index (χ3n) is 3.07. The second kappa shape index (κ2) is 5.50. The van der Waals surface area contributed by atoms with Crippen LogP contribution >= 0.6 is 11.6 Å². The van der Waals surface area contributed by atoms with E-state index >= 15 is 0 Å². The lowest BCUT2D eigenvalue weighted by atomic mass is 9.97. The summed E-state index contributed by atoms with van der Waals surface area (Å²) in [4.78, 5) is 4.24. The minimum Gasteiger partial charge on any atom is -0.339 e. The average Bonchev–Trinajstić information content (AvgIpc) is 2.54. The summed E-state index contributed by atoms with van der Waals surface area (Å²) < 4.78 is 5.15. The molecular weight excluding hydrogens is 212 g/mol. The Morgan fingerprint density at radius 3 is 2.53 bits per heavy atom. The lowest BCUT2D eigenvalue weighted by molar-refractivity contribution is 0.336. The minimum atomic E-state index is 0.341. The van der Waals surface area contributed by atoms with Crippen LogP contribution in [0.4, 0.5) is 0 Å². The fourth-order valence-electron chi connectivity index (χ4n) is 2.24. The molecule has 1 heterocycles. The molecule has 1 saturated carbocycles. The smallest absolute Gasteiger partial charge is 0.226 e. The maximum atomic E-state index is 5.62. The van der Waals surface area contributed by atoms with Crippen molar-refractivity contribution in [1.82, 2.24) is 10.1 Å². The molecule has 0 saturated heterocycles. The van der Waals surface area contributed by atoms with Crippen molar-refractivity contribution in [2.45, 2.75) is 50.8 Å². The number of rotatable bonds is 3. The van der Waals surface area contributed by atoms with Gasteiger partial charge in [-0.2, -0.15) is 4.98 Å². The maximum absolute atomic E-state index is 5.62. The normalized spacial score (nSPS) is 19.0. The lowest BCUT2D eigenvalue weighted by Crippen LogP contribution is -2.03. The van der Waals surface area contributed by atoms with E-state index in [0.29, 0.717) is 11.7 Å². The molecule has 0 atom stereocenters. The van der Waals surface area contributed by atoms with Gasteiger partial charge in [0, 0.05) is 6.42 Å². The van der Waals surface area contributed by atoms with Gasteiger partial charge in [-0.25, -0.2) is 0 Å². The van der Waals surface area contributed by atoms with Gasteiger partial charge in [0.2, 0.25) is 5.89 Å². The van der Waals surface area contributed by atoms with Crippen molar-refractivity contribution in [3.05, 3.63) is 11.7 Å². The van der Waals surface area contributed by atoms with Crippen molar-refractivity contribution in [1.29, 1.82) is 0 Å². The summed E-state index contributed by atoms with van der Waals surface area (Å²) >= 11 is 5.62. The first-order chi connectivity index (χ1) is 7.38. The van der Waals surface area contributed by atoms with E-state index < -0.39 is 0 Å². The maximum Gasteiger partial charge on any atom is 0.226 e. The van der Waals surface area contributed by atoms with E-state index in [0.717, 1.165) is 18.2 Å². The van der Waals surface area contributed by atoms with Crippen LogP contribution in [0.2, 0.25) is 0 Å². The zero-order valence-electron chi connectivity index (χ0n) is 8.91. The molecule has 0 radical (unpaired) electrons. The first kappa shape index (κ1) is 10.9. The Balaban J connectivity index is 1.89. The Bertz CT molecular complexity index is 293. The standard InChI is InChI=1S/C11H17ClN2O/c12-8-10-13-11(15-14-10)7-9-5-3-1-2-4-6-9/h9H,1-8H2. The van der Waals surface area contributed by atoms with Gasteiger partial charge in [-0.15, -0.1) is 11.6 Å². The molecule has 0 spiro atoms. The Morgan fingerprint density at radius 2 is 1.93 bits per heavy atom. The van der Waals surface area contributed by atoms with Crippen molar-refractivity contribution in [2.24, 2.45) is 5.92 Å². The van der Waals surface area contributed by atoms with Gasteiger partial charge >= 0.3 is 0 Å². The van der Waals surface area contributed by atoms with Gasteiger partial charge < -0.3 is 4.52 Å². The van der Waals surface area contributed by atoms with Crippen molar-refractivity contribution in [3.63, 3.8) is 0 Å². The van der Waals surface area contributed by atoms with Gasteiger partial charge in [0.1, 0.15) is 0 Å². The molecule has 84 valence electrons. The molecular formula is C11H17ClN2O. The molecule has 0 aromatic carbocycles. The molecule has 3 nitrogen and oxygen atoms in total. The van der Waals surface area contributed by atoms with E-state index in [-0.39, 0.29) is 0 Å². The average molecular weight is 229 g/mol. The number of alkyl halides is 1. The Labute approximate surface area is 95.2 Å². The number of hydrogen-bond donors (Lipinski definition) is 0. The van der Waals surface area contributed by atoms with E-state index in [9.17, 15) is 0 Å². The van der Waals surface area contributed by atoms with Gasteiger partial charge in [-0.1, -0.05) is 30.8 Å². The van der Waals surface area contributed by atoms with Crippen LogP contribution in [0.1, 0.15) is 50.2 Å². The van der Waals surface area contributed by atoms with Crippen molar-refractivity contribution >= 4 is 11.6 Å². The summed E-state index contributed by atoms with van der Waals surface area (Å²) in [5, 5.41) is 3.81. The predicted molar refractivity (Wildman–Crippen MR) is 58.8 cm³/mol. The van der Waals surface area contributed by atoms with Crippen molar-refractivity contribution in [3.8, 4) is 0 Å². The van der Waals surface area contributed by atoms with Crippen molar-refractivity contribution < 1.29 is 4.52 Å². The monoisotopic (exact) mass is 228 g/mol. The Morgan fingerprint density at radius 1 is 1.20 bits per heavy atom. The summed E-state index contributed by atoms with van der Waals surface area (Å²) in [5.74, 6) is 2.45. The Kier molecular flexibility index (Phi) is 4.01. The Hall–Kier alpha value is -0.570. The minimum absolute atomic E-state index is 0.341. The van der Waals surface area contributed by atoms with Crippen LogP contribution < -0.4 is 0 Å². The van der Waals surface area contributed by atoms with E-state index in [1.165, 1.54) is 38.5 Å². The molecule has 15 heavy (non-hydrogen) atoms. The van der Waals surface area contributed by atoms with E-state index in [2.05, 4.69) is 10.1 Å². The first-order valence-electron chi connectivity index (χ1n) is 5.76. The second-order valence-electron chi connectivity index (χ2n) is 4.30. The third-order valence-corrected chi connectivity index (χ3v) is 3.31. The molecule has 1 aromatic heterocycles. The zero-order chi connectivity index (χ0) is 10.5. The van der Waals surface area contributed by atoms with Gasteiger partial charge in [-0.3, -0.25) is 0 Å². The highest BCUT2D eigenvalue weighted by Crippen LogP contribution is 2.25. The molecule has 2 rings (SSSR count). The van der Waals surface area contributed by atoms with Crippen molar-refractivity contribution in [2.75, 3.05) is 0 Å². The van der Waals surface area contributed by atoms with Gasteiger partial charge in [0.15, 0.2) is 5.82 Å².